The number of aromatic nitrogens is 4. The van der Waals surface area contributed by atoms with Gasteiger partial charge in [0.2, 0.25) is 16.0 Å². The van der Waals surface area contributed by atoms with Crippen molar-refractivity contribution >= 4 is 33.7 Å². The van der Waals surface area contributed by atoms with E-state index in [9.17, 15) is 26.4 Å². The third-order valence-corrected chi connectivity index (χ3v) is 8.29. The molecule has 2 aromatic heterocycles. The number of rotatable bonds is 7. The summed E-state index contributed by atoms with van der Waals surface area (Å²) < 4.78 is 72.8. The van der Waals surface area contributed by atoms with Crippen molar-refractivity contribution in [2.75, 3.05) is 37.8 Å². The van der Waals surface area contributed by atoms with Gasteiger partial charge in [0.25, 0.3) is 0 Å². The summed E-state index contributed by atoms with van der Waals surface area (Å²) in [6.07, 6.45) is 0.352. The SMILES string of the molecule is CS(=O)(=O)N1CCC(Nc2ncc(C(F)(F)F)c(-c3cn(-c4ccc(CN5CCOC5=O)cc4Cl)cn3)n2)CC1. The largest absolute Gasteiger partial charge is 0.448 e. The molecule has 11 nitrogen and oxygen atoms in total. The van der Waals surface area contributed by atoms with Crippen molar-refractivity contribution in [1.82, 2.24) is 28.7 Å². The second kappa shape index (κ2) is 10.9. The van der Waals surface area contributed by atoms with Crippen LogP contribution in [0.2, 0.25) is 5.02 Å². The predicted molar refractivity (Wildman–Crippen MR) is 139 cm³/mol. The fraction of sp³-hybridized carbons (Fsp3) is 0.417. The van der Waals surface area contributed by atoms with Gasteiger partial charge in [-0.15, -0.1) is 0 Å². The summed E-state index contributed by atoms with van der Waals surface area (Å²) in [7, 11) is -3.31. The molecule has 16 heteroatoms. The fourth-order valence-electron chi connectivity index (χ4n) is 4.59. The fourth-order valence-corrected chi connectivity index (χ4v) is 5.77. The van der Waals surface area contributed by atoms with E-state index in [0.29, 0.717) is 49.4 Å². The summed E-state index contributed by atoms with van der Waals surface area (Å²) in [6.45, 7) is 1.68. The van der Waals surface area contributed by atoms with Crippen molar-refractivity contribution < 1.29 is 31.1 Å². The summed E-state index contributed by atoms with van der Waals surface area (Å²) in [5.74, 6) is -0.0156. The third-order valence-electron chi connectivity index (χ3n) is 6.68. The first-order valence-electron chi connectivity index (χ1n) is 12.3. The molecule has 2 saturated heterocycles. The number of amides is 1. The number of sulfonamides is 1. The number of alkyl halides is 3. The minimum Gasteiger partial charge on any atom is -0.448 e. The average molecular weight is 600 g/mol. The average Bonchev–Trinajstić information content (AvgIpc) is 3.53. The molecule has 0 radical (unpaired) electrons. The smallest absolute Gasteiger partial charge is 0.420 e. The molecule has 4 heterocycles. The number of hydrogen-bond donors (Lipinski definition) is 1. The molecule has 0 aliphatic carbocycles. The second-order valence-electron chi connectivity index (χ2n) is 9.52. The van der Waals surface area contributed by atoms with Crippen LogP contribution in [-0.2, 0) is 27.5 Å². The lowest BCUT2D eigenvalue weighted by atomic mass is 10.1. The van der Waals surface area contributed by atoms with E-state index in [2.05, 4.69) is 20.3 Å². The lowest BCUT2D eigenvalue weighted by molar-refractivity contribution is -0.137. The van der Waals surface area contributed by atoms with Crippen LogP contribution in [0.25, 0.3) is 17.1 Å². The maximum atomic E-state index is 13.9. The highest BCUT2D eigenvalue weighted by Crippen LogP contribution is 2.36. The Kier molecular flexibility index (Phi) is 7.63. The number of anilines is 1. The highest BCUT2D eigenvalue weighted by atomic mass is 35.5. The Morgan fingerprint density at radius 2 is 1.93 bits per heavy atom. The van der Waals surface area contributed by atoms with E-state index < -0.39 is 33.6 Å². The molecule has 2 fully saturated rings. The molecule has 214 valence electrons. The minimum absolute atomic E-state index is 0.0156. The number of piperidine rings is 1. The van der Waals surface area contributed by atoms with Crippen molar-refractivity contribution in [2.45, 2.75) is 31.6 Å². The van der Waals surface area contributed by atoms with Gasteiger partial charge >= 0.3 is 12.3 Å². The van der Waals surface area contributed by atoms with Crippen molar-refractivity contribution in [3.05, 3.63) is 53.1 Å². The zero-order valence-corrected chi connectivity index (χ0v) is 22.8. The molecular weight excluding hydrogens is 575 g/mol. The number of imidazole rings is 1. The first-order valence-corrected chi connectivity index (χ1v) is 14.5. The first-order chi connectivity index (χ1) is 18.9. The van der Waals surface area contributed by atoms with Gasteiger partial charge in [-0.05, 0) is 30.5 Å². The topological polar surface area (TPSA) is 123 Å². The van der Waals surface area contributed by atoms with E-state index in [-0.39, 0.29) is 30.8 Å². The Labute approximate surface area is 233 Å². The van der Waals surface area contributed by atoms with Crippen LogP contribution < -0.4 is 5.32 Å². The number of carbonyl (C=O) groups is 1. The van der Waals surface area contributed by atoms with Gasteiger partial charge in [-0.3, -0.25) is 0 Å². The summed E-state index contributed by atoms with van der Waals surface area (Å²) in [5.41, 5.74) is -0.246. The van der Waals surface area contributed by atoms with Crippen molar-refractivity contribution in [1.29, 1.82) is 0 Å². The van der Waals surface area contributed by atoms with E-state index in [0.717, 1.165) is 11.8 Å². The van der Waals surface area contributed by atoms with Gasteiger partial charge in [0.15, 0.2) is 0 Å². The highest BCUT2D eigenvalue weighted by Gasteiger charge is 2.36. The summed E-state index contributed by atoms with van der Waals surface area (Å²) in [6, 6.07) is 4.91. The second-order valence-corrected chi connectivity index (χ2v) is 11.9. The van der Waals surface area contributed by atoms with Crippen LogP contribution >= 0.6 is 11.6 Å². The van der Waals surface area contributed by atoms with Crippen LogP contribution in [0.3, 0.4) is 0 Å². The molecule has 3 aromatic rings. The lowest BCUT2D eigenvalue weighted by Crippen LogP contribution is -2.42. The Morgan fingerprint density at radius 1 is 1.18 bits per heavy atom. The molecule has 40 heavy (non-hydrogen) atoms. The zero-order chi connectivity index (χ0) is 28.7. The number of halogens is 4. The molecule has 0 saturated carbocycles. The van der Waals surface area contributed by atoms with E-state index >= 15 is 0 Å². The van der Waals surface area contributed by atoms with E-state index in [1.807, 2.05) is 0 Å². The number of ether oxygens (including phenoxy) is 1. The Hall–Kier alpha value is -3.43. The number of carbonyl (C=O) groups excluding carboxylic acids is 1. The van der Waals surface area contributed by atoms with Gasteiger partial charge in [-0.25, -0.2) is 32.5 Å². The minimum atomic E-state index is -4.73. The van der Waals surface area contributed by atoms with Crippen LogP contribution in [0.4, 0.5) is 23.9 Å². The number of benzene rings is 1. The Bertz CT molecular complexity index is 1520. The monoisotopic (exact) mass is 599 g/mol. The number of hydrogen-bond acceptors (Lipinski definition) is 8. The van der Waals surface area contributed by atoms with Crippen molar-refractivity contribution in [2.24, 2.45) is 0 Å². The summed E-state index contributed by atoms with van der Waals surface area (Å²) in [5, 5.41) is 3.34. The maximum absolute atomic E-state index is 13.9. The highest BCUT2D eigenvalue weighted by molar-refractivity contribution is 7.88. The van der Waals surface area contributed by atoms with E-state index in [4.69, 9.17) is 16.3 Å². The lowest BCUT2D eigenvalue weighted by Gasteiger charge is -2.30. The van der Waals surface area contributed by atoms with Crippen LogP contribution in [0.1, 0.15) is 24.0 Å². The first kappa shape index (κ1) is 28.1. The quantitative estimate of drug-likeness (QED) is 0.435. The third kappa shape index (κ3) is 6.15. The van der Waals surface area contributed by atoms with Crippen molar-refractivity contribution in [3.8, 4) is 17.1 Å². The number of nitrogens with one attached hydrogen (secondary N) is 1. The predicted octanol–water partition coefficient (Wildman–Crippen LogP) is 3.79. The number of nitrogens with zero attached hydrogens (tertiary/aromatic N) is 6. The molecule has 1 amide bonds. The Balaban J connectivity index is 1.37. The molecule has 5 rings (SSSR count). The van der Waals surface area contributed by atoms with Crippen LogP contribution in [0, 0.1) is 0 Å². The Morgan fingerprint density at radius 3 is 2.55 bits per heavy atom. The zero-order valence-electron chi connectivity index (χ0n) is 21.2. The van der Waals surface area contributed by atoms with Crippen LogP contribution in [-0.4, -0.2) is 81.8 Å². The van der Waals surface area contributed by atoms with E-state index in [1.165, 1.54) is 26.3 Å². The van der Waals surface area contributed by atoms with Gasteiger partial charge in [0.1, 0.15) is 29.9 Å². The van der Waals surface area contributed by atoms with Crippen LogP contribution in [0.15, 0.2) is 36.9 Å². The molecule has 1 aromatic carbocycles. The normalized spacial score (nSPS) is 17.3. The molecule has 0 bridgehead atoms. The van der Waals surface area contributed by atoms with Gasteiger partial charge in [0, 0.05) is 38.1 Å². The number of cyclic esters (lactones) is 1. The molecule has 2 aliphatic heterocycles. The molecule has 0 atom stereocenters. The molecule has 2 aliphatic rings. The standard InChI is InChI=1S/C24H25ClF3N7O4S/c1-40(37,38)35-6-4-16(5-7-35)31-22-29-11-17(24(26,27)28)21(32-22)19-13-34(14-30-19)20-3-2-15(10-18(20)25)12-33-8-9-39-23(33)36/h2-3,10-11,13-14,16H,4-9,12H2,1H3,(H,29,31,32). The maximum Gasteiger partial charge on any atom is 0.420 e. The summed E-state index contributed by atoms with van der Waals surface area (Å²) in [4.78, 5) is 25.4. The van der Waals surface area contributed by atoms with Crippen molar-refractivity contribution in [3.63, 3.8) is 0 Å². The van der Waals surface area contributed by atoms with E-state index in [1.54, 1.807) is 18.2 Å². The van der Waals surface area contributed by atoms with Gasteiger partial charge in [-0.1, -0.05) is 17.7 Å². The van der Waals surface area contributed by atoms with Gasteiger partial charge in [0.05, 0.1) is 23.5 Å². The van der Waals surface area contributed by atoms with Crippen LogP contribution in [0.5, 0.6) is 0 Å². The molecular formula is C24H25ClF3N7O4S. The summed E-state index contributed by atoms with van der Waals surface area (Å²) >= 11 is 6.48. The molecule has 0 spiro atoms. The van der Waals surface area contributed by atoms with Gasteiger partial charge in [-0.2, -0.15) is 13.2 Å². The molecule has 1 N–H and O–H groups in total. The molecule has 0 unspecified atom stereocenters. The van der Waals surface area contributed by atoms with Gasteiger partial charge < -0.3 is 19.5 Å².